The first kappa shape index (κ1) is 28.5. The number of likely N-dealkylation sites (tertiary alicyclic amines) is 1. The average molecular weight is 546 g/mol. The molecule has 1 aromatic heterocycles. The van der Waals surface area contributed by atoms with Crippen molar-refractivity contribution in [1.29, 1.82) is 5.26 Å². The van der Waals surface area contributed by atoms with E-state index in [1.54, 1.807) is 57.7 Å². The van der Waals surface area contributed by atoms with Crippen LogP contribution in [0.2, 0.25) is 0 Å². The van der Waals surface area contributed by atoms with E-state index in [9.17, 15) is 24.0 Å². The van der Waals surface area contributed by atoms with E-state index in [1.165, 1.54) is 18.2 Å². The van der Waals surface area contributed by atoms with Crippen molar-refractivity contribution in [3.05, 3.63) is 86.6 Å². The molecule has 0 radical (unpaired) electrons. The Morgan fingerprint density at radius 3 is 2.58 bits per heavy atom. The van der Waals surface area contributed by atoms with Crippen molar-refractivity contribution in [1.82, 2.24) is 20.4 Å². The van der Waals surface area contributed by atoms with Crippen LogP contribution in [0.15, 0.2) is 47.3 Å². The van der Waals surface area contributed by atoms with Crippen molar-refractivity contribution in [2.75, 3.05) is 6.54 Å². The van der Waals surface area contributed by atoms with Gasteiger partial charge in [-0.3, -0.25) is 14.4 Å². The fourth-order valence-electron chi connectivity index (χ4n) is 5.16. The lowest BCUT2D eigenvalue weighted by atomic mass is 9.84. The van der Waals surface area contributed by atoms with Gasteiger partial charge in [-0.15, -0.1) is 0 Å². The largest absolute Gasteiger partial charge is 0.451 e. The van der Waals surface area contributed by atoms with Gasteiger partial charge < -0.3 is 15.0 Å². The molecule has 3 aromatic rings. The topological polar surface area (TPSA) is 128 Å². The fraction of sp³-hybridized carbons (Fsp3) is 0.367. The first-order valence-corrected chi connectivity index (χ1v) is 13.0. The van der Waals surface area contributed by atoms with Crippen molar-refractivity contribution in [3.63, 3.8) is 0 Å². The van der Waals surface area contributed by atoms with E-state index >= 15 is 0 Å². The van der Waals surface area contributed by atoms with Gasteiger partial charge in [0.05, 0.1) is 35.8 Å². The zero-order chi connectivity index (χ0) is 29.2. The molecule has 2 heterocycles. The molecule has 1 saturated heterocycles. The van der Waals surface area contributed by atoms with E-state index in [1.807, 2.05) is 6.07 Å². The number of benzene rings is 2. The standard InChI is InChI=1S/C30H32FN5O4/c1-17-10-21(14-22(31)11-17)23-7-9-26(30(4,5)16-32)36(23)27(37)15-33-28(38)20-6-8-24(18(2)12-20)40-25-13-19(3)34-35-29(25)39/h6,8,10-14,23,26H,7,9,15H2,1-5H3,(H,33,38)(H,35,39)/t23?,26-/m1/s1. The van der Waals surface area contributed by atoms with Gasteiger partial charge >= 0.3 is 5.56 Å². The third-order valence-corrected chi connectivity index (χ3v) is 7.20. The molecule has 0 bridgehead atoms. The molecule has 2 N–H and O–H groups in total. The van der Waals surface area contributed by atoms with E-state index in [0.29, 0.717) is 41.0 Å². The lowest BCUT2D eigenvalue weighted by Crippen LogP contribution is -2.48. The van der Waals surface area contributed by atoms with Gasteiger partial charge in [0.15, 0.2) is 5.75 Å². The summed E-state index contributed by atoms with van der Waals surface area (Å²) >= 11 is 0. The monoisotopic (exact) mass is 545 g/mol. The minimum Gasteiger partial charge on any atom is -0.451 e. The Morgan fingerprint density at radius 2 is 1.90 bits per heavy atom. The number of aryl methyl sites for hydroxylation is 3. The van der Waals surface area contributed by atoms with E-state index in [2.05, 4.69) is 21.6 Å². The number of carbonyl (C=O) groups excluding carboxylic acids is 2. The van der Waals surface area contributed by atoms with Gasteiger partial charge in [-0.1, -0.05) is 6.07 Å². The maximum absolute atomic E-state index is 14.2. The van der Waals surface area contributed by atoms with Gasteiger partial charge in [0.1, 0.15) is 11.6 Å². The molecule has 2 amide bonds. The van der Waals surface area contributed by atoms with Crippen LogP contribution < -0.4 is 15.6 Å². The summed E-state index contributed by atoms with van der Waals surface area (Å²) in [7, 11) is 0. The number of aromatic nitrogens is 2. The first-order chi connectivity index (χ1) is 18.9. The van der Waals surface area contributed by atoms with E-state index < -0.39 is 29.0 Å². The lowest BCUT2D eigenvalue weighted by Gasteiger charge is -2.36. The zero-order valence-electron chi connectivity index (χ0n) is 23.2. The molecule has 9 nitrogen and oxygen atoms in total. The Balaban J connectivity index is 1.50. The second-order valence-electron chi connectivity index (χ2n) is 10.8. The van der Waals surface area contributed by atoms with Gasteiger partial charge in [0.25, 0.3) is 5.91 Å². The van der Waals surface area contributed by atoms with Crippen LogP contribution in [0.1, 0.15) is 65.5 Å². The molecule has 1 aliphatic heterocycles. The zero-order valence-corrected chi connectivity index (χ0v) is 23.2. The van der Waals surface area contributed by atoms with Crippen LogP contribution in [0.4, 0.5) is 4.39 Å². The minimum absolute atomic E-state index is 0.0851. The number of rotatable bonds is 7. The number of amides is 2. The third kappa shape index (κ3) is 6.04. The molecule has 1 fully saturated rings. The summed E-state index contributed by atoms with van der Waals surface area (Å²) in [5.41, 5.74) is 1.61. The highest BCUT2D eigenvalue weighted by Crippen LogP contribution is 2.43. The Labute approximate surface area is 232 Å². The third-order valence-electron chi connectivity index (χ3n) is 7.20. The molecular formula is C30H32FN5O4. The predicted molar refractivity (Wildman–Crippen MR) is 146 cm³/mol. The number of H-pyrrole nitrogens is 1. The second kappa shape index (κ2) is 11.3. The van der Waals surface area contributed by atoms with Gasteiger partial charge in [0, 0.05) is 11.6 Å². The number of hydrogen-bond acceptors (Lipinski definition) is 6. The Kier molecular flexibility index (Phi) is 8.05. The summed E-state index contributed by atoms with van der Waals surface area (Å²) in [5.74, 6) is -0.716. The van der Waals surface area contributed by atoms with Crippen molar-refractivity contribution in [3.8, 4) is 17.6 Å². The van der Waals surface area contributed by atoms with Crippen LogP contribution >= 0.6 is 0 Å². The average Bonchev–Trinajstić information content (AvgIpc) is 3.36. The van der Waals surface area contributed by atoms with Crippen molar-refractivity contribution in [2.45, 2.75) is 59.5 Å². The molecule has 1 unspecified atom stereocenters. The van der Waals surface area contributed by atoms with Crippen LogP contribution in [0, 0.1) is 43.3 Å². The predicted octanol–water partition coefficient (Wildman–Crippen LogP) is 4.64. The molecule has 4 rings (SSSR count). The van der Waals surface area contributed by atoms with Gasteiger partial charge in [-0.2, -0.15) is 10.4 Å². The molecule has 0 spiro atoms. The summed E-state index contributed by atoms with van der Waals surface area (Å²) < 4.78 is 19.9. The van der Waals surface area contributed by atoms with Gasteiger partial charge in [0.2, 0.25) is 5.91 Å². The van der Waals surface area contributed by atoms with E-state index in [0.717, 1.165) is 5.56 Å². The van der Waals surface area contributed by atoms with Crippen molar-refractivity contribution < 1.29 is 18.7 Å². The Morgan fingerprint density at radius 1 is 1.15 bits per heavy atom. The molecule has 0 aliphatic carbocycles. The van der Waals surface area contributed by atoms with Crippen LogP contribution in [0.5, 0.6) is 11.5 Å². The van der Waals surface area contributed by atoms with Crippen molar-refractivity contribution in [2.24, 2.45) is 5.41 Å². The fourth-order valence-corrected chi connectivity index (χ4v) is 5.16. The number of ether oxygens (including phenoxy) is 1. The molecule has 208 valence electrons. The molecule has 2 atom stereocenters. The number of aromatic amines is 1. The molecule has 1 aliphatic rings. The number of nitrogens with one attached hydrogen (secondary N) is 2. The summed E-state index contributed by atoms with van der Waals surface area (Å²) in [6.07, 6.45) is 1.17. The normalized spacial score (nSPS) is 16.9. The maximum atomic E-state index is 14.2. The highest BCUT2D eigenvalue weighted by molar-refractivity contribution is 5.97. The summed E-state index contributed by atoms with van der Waals surface area (Å²) in [6, 6.07) is 12.4. The number of halogens is 1. The molecule has 2 aromatic carbocycles. The lowest BCUT2D eigenvalue weighted by molar-refractivity contribution is -0.134. The highest BCUT2D eigenvalue weighted by atomic mass is 19.1. The summed E-state index contributed by atoms with van der Waals surface area (Å²) in [5, 5.41) is 18.6. The Bertz CT molecular complexity index is 1540. The van der Waals surface area contributed by atoms with E-state index in [4.69, 9.17) is 4.74 Å². The molecule has 0 saturated carbocycles. The van der Waals surface area contributed by atoms with Crippen LogP contribution in [0.25, 0.3) is 0 Å². The SMILES string of the molecule is Cc1cc(F)cc(C2CC[C@H](C(C)(C)C#N)N2C(=O)CNC(=O)c2ccc(Oc3cc(C)n[nH]c3=O)c(C)c2)c1. The maximum Gasteiger partial charge on any atom is 0.307 e. The first-order valence-electron chi connectivity index (χ1n) is 13.0. The summed E-state index contributed by atoms with van der Waals surface area (Å²) in [6.45, 7) is 8.53. The van der Waals surface area contributed by atoms with Gasteiger partial charge in [-0.05, 0) is 94.5 Å². The summed E-state index contributed by atoms with van der Waals surface area (Å²) in [4.78, 5) is 40.1. The number of nitrogens with zero attached hydrogens (tertiary/aromatic N) is 3. The van der Waals surface area contributed by atoms with Crippen LogP contribution in [-0.4, -0.2) is 39.5 Å². The number of hydrogen-bond donors (Lipinski definition) is 2. The number of nitriles is 1. The molecular weight excluding hydrogens is 513 g/mol. The van der Waals surface area contributed by atoms with Crippen molar-refractivity contribution >= 4 is 11.8 Å². The molecule has 10 heteroatoms. The minimum atomic E-state index is -0.835. The Hall–Kier alpha value is -4.52. The van der Waals surface area contributed by atoms with Gasteiger partial charge in [-0.25, -0.2) is 9.49 Å². The van der Waals surface area contributed by atoms with Crippen LogP contribution in [-0.2, 0) is 4.79 Å². The van der Waals surface area contributed by atoms with Crippen LogP contribution in [0.3, 0.4) is 0 Å². The quantitative estimate of drug-likeness (QED) is 0.445. The second-order valence-corrected chi connectivity index (χ2v) is 10.8. The molecule has 40 heavy (non-hydrogen) atoms. The van der Waals surface area contributed by atoms with E-state index in [-0.39, 0.29) is 24.0 Å². The highest BCUT2D eigenvalue weighted by Gasteiger charge is 2.45. The smallest absolute Gasteiger partial charge is 0.307 e. The number of carbonyl (C=O) groups is 2.